The van der Waals surface area contributed by atoms with Crippen LogP contribution in [0.2, 0.25) is 0 Å². The van der Waals surface area contributed by atoms with E-state index in [9.17, 15) is 0 Å². The van der Waals surface area contributed by atoms with Crippen LogP contribution in [0.25, 0.3) is 0 Å². The minimum atomic E-state index is 0.103. The van der Waals surface area contributed by atoms with Crippen LogP contribution < -0.4 is 0 Å². The van der Waals surface area contributed by atoms with E-state index >= 15 is 0 Å². The summed E-state index contributed by atoms with van der Waals surface area (Å²) in [6.45, 7) is 10.2. The van der Waals surface area contributed by atoms with Crippen molar-refractivity contribution in [3.8, 4) is 0 Å². The predicted octanol–water partition coefficient (Wildman–Crippen LogP) is 2.08. The lowest BCUT2D eigenvalue weighted by Gasteiger charge is -1.68. The quantitative estimate of drug-likeness (QED) is 0.592. The Morgan fingerprint density at radius 3 is 1.60 bits per heavy atom. The third kappa shape index (κ3) is 28.4. The van der Waals surface area contributed by atoms with Gasteiger partial charge >= 0.3 is 0 Å². The van der Waals surface area contributed by atoms with Gasteiger partial charge in [0, 0.05) is 0 Å². The van der Waals surface area contributed by atoms with Crippen molar-refractivity contribution in [3.63, 3.8) is 0 Å². The smallest absolute Gasteiger partial charge is 0.0615 e. The van der Waals surface area contributed by atoms with E-state index in [0.29, 0.717) is 0 Å². The highest BCUT2D eigenvalue weighted by Crippen LogP contribution is 1.66. The highest BCUT2D eigenvalue weighted by Gasteiger charge is 1.55. The lowest BCUT2D eigenvalue weighted by atomic mass is 10.5. The Morgan fingerprint density at radius 1 is 1.00 bits per heavy atom. The number of allylic oxidation sites excluding steroid dienone is 4. The number of hydrogen-bond donors (Lipinski definition) is 1. The average molecular weight is 138 g/mol. The molecule has 0 radical (unpaired) electrons. The first-order valence-electron chi connectivity index (χ1n) is 2.95. The van der Waals surface area contributed by atoms with Crippen molar-refractivity contribution in [1.29, 1.82) is 0 Å². The molecule has 0 spiro atoms. The molecule has 0 aliphatic carbocycles. The summed E-state index contributed by atoms with van der Waals surface area (Å²) in [7, 11) is 0. The SMILES string of the molecule is C=CC=C.C=CC=CCO. The van der Waals surface area contributed by atoms with Crippen molar-refractivity contribution in [2.75, 3.05) is 6.61 Å². The van der Waals surface area contributed by atoms with Gasteiger partial charge in [0.2, 0.25) is 0 Å². The fourth-order valence-corrected chi connectivity index (χ4v) is 0.157. The zero-order valence-electron chi connectivity index (χ0n) is 6.16. The standard InChI is InChI=1S/C5H8O.C4H6/c1-2-3-4-5-6;1-3-4-2/h2-4,6H,1,5H2;3-4H,1-2H2. The topological polar surface area (TPSA) is 20.2 Å². The molecule has 0 amide bonds. The maximum Gasteiger partial charge on any atom is 0.0615 e. The highest BCUT2D eigenvalue weighted by molar-refractivity contribution is 4.96. The Labute approximate surface area is 62.7 Å². The van der Waals surface area contributed by atoms with E-state index in [1.165, 1.54) is 0 Å². The molecule has 0 aromatic heterocycles. The molecule has 0 heterocycles. The predicted molar refractivity (Wildman–Crippen MR) is 46.8 cm³/mol. The molecular weight excluding hydrogens is 124 g/mol. The summed E-state index contributed by atoms with van der Waals surface area (Å²) >= 11 is 0. The number of hydrogen-bond acceptors (Lipinski definition) is 1. The molecule has 0 unspecified atom stereocenters. The van der Waals surface area contributed by atoms with Gasteiger partial charge in [-0.25, -0.2) is 0 Å². The van der Waals surface area contributed by atoms with Crippen LogP contribution in [0.5, 0.6) is 0 Å². The zero-order valence-corrected chi connectivity index (χ0v) is 6.16. The minimum absolute atomic E-state index is 0.103. The minimum Gasteiger partial charge on any atom is -0.392 e. The maximum absolute atomic E-state index is 8.06. The van der Waals surface area contributed by atoms with Crippen molar-refractivity contribution in [2.24, 2.45) is 0 Å². The van der Waals surface area contributed by atoms with Gasteiger partial charge in [-0.15, -0.1) is 0 Å². The molecule has 56 valence electrons. The fourth-order valence-electron chi connectivity index (χ4n) is 0.157. The largest absolute Gasteiger partial charge is 0.392 e. The van der Waals surface area contributed by atoms with Crippen LogP contribution in [0, 0.1) is 0 Å². The van der Waals surface area contributed by atoms with E-state index in [0.717, 1.165) is 0 Å². The third-order valence-corrected chi connectivity index (χ3v) is 0.544. The van der Waals surface area contributed by atoms with Gasteiger partial charge in [-0.05, 0) is 0 Å². The number of aliphatic hydroxyl groups is 1. The average Bonchev–Trinajstić information content (AvgIpc) is 2.01. The second-order valence-corrected chi connectivity index (χ2v) is 1.32. The van der Waals surface area contributed by atoms with Gasteiger partial charge in [0.15, 0.2) is 0 Å². The fraction of sp³-hybridized carbons (Fsp3) is 0.111. The van der Waals surface area contributed by atoms with Crippen molar-refractivity contribution in [1.82, 2.24) is 0 Å². The van der Waals surface area contributed by atoms with E-state index in [1.807, 2.05) is 0 Å². The second kappa shape index (κ2) is 15.7. The Bertz CT molecular complexity index is 106. The highest BCUT2D eigenvalue weighted by atomic mass is 16.2. The summed E-state index contributed by atoms with van der Waals surface area (Å²) in [5.74, 6) is 0. The monoisotopic (exact) mass is 138 g/mol. The lowest BCUT2D eigenvalue weighted by Crippen LogP contribution is -1.66. The van der Waals surface area contributed by atoms with Crippen LogP contribution >= 0.6 is 0 Å². The van der Waals surface area contributed by atoms with Crippen molar-refractivity contribution < 1.29 is 5.11 Å². The summed E-state index contributed by atoms with van der Waals surface area (Å²) in [5.41, 5.74) is 0. The van der Waals surface area contributed by atoms with E-state index in [-0.39, 0.29) is 6.61 Å². The number of aliphatic hydroxyl groups excluding tert-OH is 1. The van der Waals surface area contributed by atoms with Crippen molar-refractivity contribution >= 4 is 0 Å². The summed E-state index contributed by atoms with van der Waals surface area (Å²) < 4.78 is 0. The Hall–Kier alpha value is -1.08. The second-order valence-electron chi connectivity index (χ2n) is 1.32. The van der Waals surface area contributed by atoms with Crippen LogP contribution in [-0.4, -0.2) is 11.7 Å². The van der Waals surface area contributed by atoms with E-state index in [2.05, 4.69) is 19.7 Å². The molecule has 1 nitrogen and oxygen atoms in total. The molecule has 0 bridgehead atoms. The van der Waals surface area contributed by atoms with E-state index in [4.69, 9.17) is 5.11 Å². The van der Waals surface area contributed by atoms with Gasteiger partial charge in [0.25, 0.3) is 0 Å². The lowest BCUT2D eigenvalue weighted by molar-refractivity contribution is 0.343. The van der Waals surface area contributed by atoms with E-state index < -0.39 is 0 Å². The third-order valence-electron chi connectivity index (χ3n) is 0.544. The molecule has 0 aliphatic heterocycles. The molecule has 10 heavy (non-hydrogen) atoms. The van der Waals surface area contributed by atoms with Crippen LogP contribution in [0.1, 0.15) is 0 Å². The summed E-state index contributed by atoms with van der Waals surface area (Å²) in [4.78, 5) is 0. The molecular formula is C9H14O. The number of rotatable bonds is 3. The maximum atomic E-state index is 8.06. The van der Waals surface area contributed by atoms with Crippen LogP contribution in [0.3, 0.4) is 0 Å². The molecule has 0 atom stereocenters. The van der Waals surface area contributed by atoms with Crippen molar-refractivity contribution in [3.05, 3.63) is 50.1 Å². The van der Waals surface area contributed by atoms with Gasteiger partial charge in [-0.1, -0.05) is 50.1 Å². The van der Waals surface area contributed by atoms with E-state index in [1.54, 1.807) is 30.4 Å². The Kier molecular flexibility index (Phi) is 18.3. The normalized spacial score (nSPS) is 7.70. The summed E-state index contributed by atoms with van der Waals surface area (Å²) in [5, 5.41) is 8.06. The van der Waals surface area contributed by atoms with Crippen LogP contribution in [0.4, 0.5) is 0 Å². The molecule has 1 N–H and O–H groups in total. The summed E-state index contributed by atoms with van der Waals surface area (Å²) in [6.07, 6.45) is 8.21. The molecule has 0 aromatic carbocycles. The first-order chi connectivity index (χ1) is 4.83. The Balaban J connectivity index is 0. The van der Waals surface area contributed by atoms with Crippen molar-refractivity contribution in [2.45, 2.75) is 0 Å². The molecule has 0 saturated heterocycles. The summed E-state index contributed by atoms with van der Waals surface area (Å²) in [6, 6.07) is 0. The molecule has 1 heteroatoms. The van der Waals surface area contributed by atoms with Gasteiger partial charge < -0.3 is 5.11 Å². The molecule has 0 aromatic rings. The van der Waals surface area contributed by atoms with Crippen LogP contribution in [0.15, 0.2) is 50.1 Å². The van der Waals surface area contributed by atoms with Crippen LogP contribution in [-0.2, 0) is 0 Å². The first kappa shape index (κ1) is 11.7. The molecule has 0 aliphatic rings. The molecule has 0 saturated carbocycles. The Morgan fingerprint density at radius 2 is 1.50 bits per heavy atom. The van der Waals surface area contributed by atoms with Gasteiger partial charge in [-0.2, -0.15) is 0 Å². The molecule has 0 fully saturated rings. The van der Waals surface area contributed by atoms with Gasteiger partial charge in [0.1, 0.15) is 0 Å². The van der Waals surface area contributed by atoms with Gasteiger partial charge in [0.05, 0.1) is 6.61 Å². The zero-order chi connectivity index (χ0) is 8.24. The first-order valence-corrected chi connectivity index (χ1v) is 2.95. The van der Waals surface area contributed by atoms with Gasteiger partial charge in [-0.3, -0.25) is 0 Å². The molecule has 0 rings (SSSR count).